The van der Waals surface area contributed by atoms with Crippen LogP contribution in [-0.4, -0.2) is 26.9 Å². The van der Waals surface area contributed by atoms with Crippen molar-refractivity contribution in [2.24, 2.45) is 5.10 Å². The minimum Gasteiger partial charge on any atom is -0.352 e. The first-order valence-corrected chi connectivity index (χ1v) is 14.0. The number of hydrogen-bond donors (Lipinski definition) is 1. The summed E-state index contributed by atoms with van der Waals surface area (Å²) in [5.41, 5.74) is 4.34. The van der Waals surface area contributed by atoms with Crippen molar-refractivity contribution < 1.29 is 9.18 Å². The fraction of sp³-hybridized carbons (Fsp3) is 0.171. The van der Waals surface area contributed by atoms with Crippen molar-refractivity contribution in [1.82, 2.24) is 14.6 Å². The van der Waals surface area contributed by atoms with E-state index in [0.29, 0.717) is 29.1 Å². The van der Waals surface area contributed by atoms with Crippen LogP contribution in [0.4, 0.5) is 4.39 Å². The van der Waals surface area contributed by atoms with E-state index >= 15 is 0 Å². The minimum atomic E-state index is -0.838. The first-order valence-electron chi connectivity index (χ1n) is 14.0. The molecule has 0 radical (unpaired) electrons. The fourth-order valence-corrected chi connectivity index (χ4v) is 5.10. The van der Waals surface area contributed by atoms with Gasteiger partial charge in [-0.25, -0.2) is 9.18 Å². The Morgan fingerprint density at radius 3 is 1.86 bits per heavy atom. The van der Waals surface area contributed by atoms with Crippen molar-refractivity contribution in [3.05, 3.63) is 154 Å². The number of benzene rings is 4. The summed E-state index contributed by atoms with van der Waals surface area (Å²) in [7, 11) is 0. The van der Waals surface area contributed by atoms with Crippen LogP contribution in [-0.2, 0) is 11.2 Å². The zero-order valence-corrected chi connectivity index (χ0v) is 23.9. The van der Waals surface area contributed by atoms with Crippen LogP contribution in [0.1, 0.15) is 42.3 Å². The maximum atomic E-state index is 14.4. The van der Waals surface area contributed by atoms with Crippen molar-refractivity contribution in [2.45, 2.75) is 39.3 Å². The summed E-state index contributed by atoms with van der Waals surface area (Å²) in [4.78, 5) is 28.1. The quantitative estimate of drug-likeness (QED) is 0.213. The molecule has 7 heteroatoms. The Morgan fingerprint density at radius 2 is 1.33 bits per heavy atom. The lowest BCUT2D eigenvalue weighted by Gasteiger charge is -2.21. The first kappa shape index (κ1) is 28.5. The molecule has 5 rings (SSSR count). The highest BCUT2D eigenvalue weighted by Crippen LogP contribution is 2.27. The summed E-state index contributed by atoms with van der Waals surface area (Å²) in [6, 6.07) is 33.9. The van der Waals surface area contributed by atoms with E-state index in [9.17, 15) is 14.0 Å². The number of nitrogens with one attached hydrogen (secondary N) is 1. The normalized spacial score (nSPS) is 11.7. The lowest BCUT2D eigenvalue weighted by molar-refractivity contribution is -0.125. The van der Waals surface area contributed by atoms with E-state index in [-0.39, 0.29) is 17.8 Å². The van der Waals surface area contributed by atoms with Crippen LogP contribution < -0.4 is 11.0 Å². The van der Waals surface area contributed by atoms with Gasteiger partial charge >= 0.3 is 5.69 Å². The van der Waals surface area contributed by atoms with Gasteiger partial charge in [0.1, 0.15) is 11.9 Å². The molecule has 0 unspecified atom stereocenters. The Hall–Kier alpha value is -5.04. The number of amides is 1. The third kappa shape index (κ3) is 6.15. The number of halogens is 1. The highest BCUT2D eigenvalue weighted by molar-refractivity contribution is 6.12. The van der Waals surface area contributed by atoms with E-state index in [1.54, 1.807) is 19.1 Å². The molecule has 1 atom stereocenters. The van der Waals surface area contributed by atoms with Crippen LogP contribution in [0.15, 0.2) is 125 Å². The molecule has 6 nitrogen and oxygen atoms in total. The minimum absolute atomic E-state index is 0.119. The topological polar surface area (TPSA) is 68.4 Å². The molecular weight excluding hydrogens is 527 g/mol. The molecule has 5 aromatic rings. The molecule has 1 N–H and O–H groups in total. The third-order valence-electron chi connectivity index (χ3n) is 7.03. The standard InChI is InChI=1S/C35H33FN4O2/c1-24(2)37-34(41)31(23-26-13-7-4-8-14-26)39-25(3)33(29-19-21-30(36)22-20-29)40(35(39)42)38-32(27-15-9-5-10-16-27)28-17-11-6-12-18-28/h4-22,24,31H,23H2,1-3H3,(H,37,41)/t31-/m0/s1. The Bertz CT molecular complexity index is 1700. The number of aromatic nitrogens is 2. The summed E-state index contributed by atoms with van der Waals surface area (Å²) in [6.45, 7) is 5.58. The maximum Gasteiger partial charge on any atom is 0.350 e. The van der Waals surface area contributed by atoms with Crippen molar-refractivity contribution in [2.75, 3.05) is 0 Å². The third-order valence-corrected chi connectivity index (χ3v) is 7.03. The van der Waals surface area contributed by atoms with Crippen LogP contribution in [0.5, 0.6) is 0 Å². The highest BCUT2D eigenvalue weighted by Gasteiger charge is 2.29. The van der Waals surface area contributed by atoms with Gasteiger partial charge < -0.3 is 5.32 Å². The smallest absolute Gasteiger partial charge is 0.350 e. The van der Waals surface area contributed by atoms with Gasteiger partial charge in [0, 0.05) is 34.8 Å². The zero-order valence-electron chi connectivity index (χ0n) is 23.9. The lowest BCUT2D eigenvalue weighted by Crippen LogP contribution is -2.41. The molecule has 0 saturated carbocycles. The van der Waals surface area contributed by atoms with E-state index in [0.717, 1.165) is 16.7 Å². The van der Waals surface area contributed by atoms with Crippen LogP contribution in [0, 0.1) is 12.7 Å². The predicted molar refractivity (Wildman–Crippen MR) is 165 cm³/mol. The molecule has 0 aliphatic heterocycles. The summed E-state index contributed by atoms with van der Waals surface area (Å²) in [5, 5.41) is 7.95. The van der Waals surface area contributed by atoms with E-state index in [2.05, 4.69) is 5.32 Å². The SMILES string of the molecule is Cc1c(-c2ccc(F)cc2)n(N=C(c2ccccc2)c2ccccc2)c(=O)n1[C@@H](Cc1ccccc1)C(=O)NC(C)C. The average molecular weight is 561 g/mol. The van der Waals surface area contributed by atoms with E-state index < -0.39 is 11.7 Å². The van der Waals surface area contributed by atoms with Crippen LogP contribution >= 0.6 is 0 Å². The highest BCUT2D eigenvalue weighted by atomic mass is 19.1. The number of hydrogen-bond acceptors (Lipinski definition) is 3. The van der Waals surface area contributed by atoms with Gasteiger partial charge in [0.15, 0.2) is 0 Å². The monoisotopic (exact) mass is 560 g/mol. The molecule has 1 amide bonds. The van der Waals surface area contributed by atoms with Gasteiger partial charge in [0.05, 0.1) is 11.4 Å². The molecule has 42 heavy (non-hydrogen) atoms. The van der Waals surface area contributed by atoms with E-state index in [1.807, 2.05) is 105 Å². The number of carbonyl (C=O) groups excluding carboxylic acids is 1. The number of rotatable bonds is 9. The predicted octanol–water partition coefficient (Wildman–Crippen LogP) is 6.37. The Balaban J connectivity index is 1.79. The maximum absolute atomic E-state index is 14.4. The summed E-state index contributed by atoms with van der Waals surface area (Å²) in [6.07, 6.45) is 0.307. The van der Waals surface area contributed by atoms with Crippen LogP contribution in [0.25, 0.3) is 11.3 Å². The van der Waals surface area contributed by atoms with Crippen molar-refractivity contribution in [1.29, 1.82) is 0 Å². The van der Waals surface area contributed by atoms with Gasteiger partial charge in [-0.2, -0.15) is 9.78 Å². The van der Waals surface area contributed by atoms with Crippen LogP contribution in [0.2, 0.25) is 0 Å². The zero-order chi connectivity index (χ0) is 29.6. The number of carbonyl (C=O) groups is 1. The molecule has 0 bridgehead atoms. The molecule has 212 valence electrons. The molecule has 0 spiro atoms. The molecule has 0 fully saturated rings. The summed E-state index contributed by atoms with van der Waals surface area (Å²) < 4.78 is 16.8. The fourth-order valence-electron chi connectivity index (χ4n) is 5.10. The Morgan fingerprint density at radius 1 is 0.810 bits per heavy atom. The van der Waals surface area contributed by atoms with Crippen LogP contribution in [0.3, 0.4) is 0 Å². The van der Waals surface area contributed by atoms with Crippen molar-refractivity contribution in [3.8, 4) is 11.3 Å². The van der Waals surface area contributed by atoms with E-state index in [1.165, 1.54) is 21.4 Å². The second-order valence-electron chi connectivity index (χ2n) is 10.5. The molecular formula is C35H33FN4O2. The Labute approximate surface area is 244 Å². The number of nitrogens with zero attached hydrogens (tertiary/aromatic N) is 3. The second-order valence-corrected chi connectivity index (χ2v) is 10.5. The summed E-state index contributed by atoms with van der Waals surface area (Å²) >= 11 is 0. The van der Waals surface area contributed by atoms with Crippen molar-refractivity contribution >= 4 is 11.6 Å². The van der Waals surface area contributed by atoms with Gasteiger partial charge in [-0.1, -0.05) is 91.0 Å². The first-order chi connectivity index (χ1) is 20.3. The van der Waals surface area contributed by atoms with Gasteiger partial charge in [-0.15, -0.1) is 0 Å². The van der Waals surface area contributed by atoms with Gasteiger partial charge in [-0.3, -0.25) is 9.36 Å². The molecule has 0 aliphatic carbocycles. The van der Waals surface area contributed by atoms with Gasteiger partial charge in [-0.05, 0) is 50.6 Å². The van der Waals surface area contributed by atoms with Gasteiger partial charge in [0.25, 0.3) is 0 Å². The van der Waals surface area contributed by atoms with E-state index in [4.69, 9.17) is 5.10 Å². The Kier molecular flexibility index (Phi) is 8.58. The average Bonchev–Trinajstić information content (AvgIpc) is 3.24. The number of imidazole rings is 1. The second kappa shape index (κ2) is 12.6. The molecule has 4 aromatic carbocycles. The largest absolute Gasteiger partial charge is 0.352 e. The molecule has 1 heterocycles. The molecule has 1 aromatic heterocycles. The van der Waals surface area contributed by atoms with Crippen molar-refractivity contribution in [3.63, 3.8) is 0 Å². The molecule has 0 aliphatic rings. The lowest BCUT2D eigenvalue weighted by atomic mass is 10.0. The summed E-state index contributed by atoms with van der Waals surface area (Å²) in [5.74, 6) is -0.655. The van der Waals surface area contributed by atoms with Gasteiger partial charge in [0.2, 0.25) is 5.91 Å². The molecule has 0 saturated heterocycles.